The Hall–Kier alpha value is -1.60. The predicted molar refractivity (Wildman–Crippen MR) is 121 cm³/mol. The molecule has 1 amide bonds. The number of nitrogens with zero attached hydrogens (tertiary/aromatic N) is 3. The number of carbonyl (C=O) groups is 1. The SMILES string of the molecule is CN=C(NCC1CCCN(C)C1c1cccs1)NCC1(C(=O)N(C)C)CCCC1. The third-order valence-corrected chi connectivity index (χ3v) is 7.55. The molecule has 2 fully saturated rings. The minimum atomic E-state index is -0.286. The van der Waals surface area contributed by atoms with Gasteiger partial charge in [-0.1, -0.05) is 18.9 Å². The molecular weight excluding hydrogens is 382 g/mol. The van der Waals surface area contributed by atoms with Gasteiger partial charge in [-0.15, -0.1) is 11.3 Å². The zero-order chi connectivity index (χ0) is 20.9. The van der Waals surface area contributed by atoms with Crippen molar-refractivity contribution in [1.29, 1.82) is 0 Å². The molecule has 1 aromatic heterocycles. The van der Waals surface area contributed by atoms with Gasteiger partial charge in [0.25, 0.3) is 0 Å². The minimum absolute atomic E-state index is 0.240. The molecular formula is C22H37N5OS. The summed E-state index contributed by atoms with van der Waals surface area (Å²) in [4.78, 5) is 22.9. The number of hydrogen-bond acceptors (Lipinski definition) is 4. The van der Waals surface area contributed by atoms with Crippen LogP contribution in [-0.2, 0) is 4.79 Å². The van der Waals surface area contributed by atoms with Crippen molar-refractivity contribution in [3.63, 3.8) is 0 Å². The first kappa shape index (κ1) is 22.1. The smallest absolute Gasteiger partial charge is 0.230 e. The second-order valence-corrected chi connectivity index (χ2v) is 9.82. The van der Waals surface area contributed by atoms with Gasteiger partial charge in [-0.25, -0.2) is 0 Å². The third-order valence-electron chi connectivity index (χ3n) is 6.61. The lowest BCUT2D eigenvalue weighted by molar-refractivity contribution is -0.138. The topological polar surface area (TPSA) is 60.0 Å². The molecule has 1 aliphatic carbocycles. The van der Waals surface area contributed by atoms with Crippen molar-refractivity contribution in [3.05, 3.63) is 22.4 Å². The number of hydrogen-bond donors (Lipinski definition) is 2. The fourth-order valence-electron chi connectivity index (χ4n) is 5.08. The molecule has 1 saturated heterocycles. The van der Waals surface area contributed by atoms with Crippen molar-refractivity contribution < 1.29 is 4.79 Å². The van der Waals surface area contributed by atoms with Gasteiger partial charge in [0.05, 0.1) is 5.41 Å². The molecule has 2 atom stereocenters. The molecule has 162 valence electrons. The summed E-state index contributed by atoms with van der Waals surface area (Å²) >= 11 is 1.85. The predicted octanol–water partition coefficient (Wildman–Crippen LogP) is 2.94. The molecule has 6 nitrogen and oxygen atoms in total. The highest BCUT2D eigenvalue weighted by Crippen LogP contribution is 2.39. The number of nitrogens with one attached hydrogen (secondary N) is 2. The summed E-state index contributed by atoms with van der Waals surface area (Å²) in [6.07, 6.45) is 6.63. The van der Waals surface area contributed by atoms with Gasteiger partial charge in [-0.2, -0.15) is 0 Å². The van der Waals surface area contributed by atoms with Crippen molar-refractivity contribution >= 4 is 23.2 Å². The van der Waals surface area contributed by atoms with E-state index in [-0.39, 0.29) is 11.3 Å². The summed E-state index contributed by atoms with van der Waals surface area (Å²) < 4.78 is 0. The number of likely N-dealkylation sites (tertiary alicyclic amines) is 1. The van der Waals surface area contributed by atoms with Crippen LogP contribution in [0.15, 0.2) is 22.5 Å². The average molecular weight is 420 g/mol. The van der Waals surface area contributed by atoms with Crippen molar-refractivity contribution in [1.82, 2.24) is 20.4 Å². The van der Waals surface area contributed by atoms with Gasteiger partial charge in [0.1, 0.15) is 0 Å². The fourth-order valence-corrected chi connectivity index (χ4v) is 6.06. The van der Waals surface area contributed by atoms with Crippen LogP contribution in [0.4, 0.5) is 0 Å². The molecule has 1 aromatic rings. The Morgan fingerprint density at radius 2 is 2.07 bits per heavy atom. The van der Waals surface area contributed by atoms with Crippen molar-refractivity contribution in [2.75, 3.05) is 47.8 Å². The number of guanidine groups is 1. The summed E-state index contributed by atoms with van der Waals surface area (Å²) in [6.45, 7) is 2.70. The Labute approximate surface area is 179 Å². The van der Waals surface area contributed by atoms with E-state index >= 15 is 0 Å². The summed E-state index contributed by atoms with van der Waals surface area (Å²) in [5.41, 5.74) is -0.286. The fraction of sp³-hybridized carbons (Fsp3) is 0.727. The molecule has 7 heteroatoms. The zero-order valence-corrected chi connectivity index (χ0v) is 19.2. The summed E-state index contributed by atoms with van der Waals surface area (Å²) in [5.74, 6) is 1.60. The number of carbonyl (C=O) groups excluding carboxylic acids is 1. The highest BCUT2D eigenvalue weighted by atomic mass is 32.1. The zero-order valence-electron chi connectivity index (χ0n) is 18.4. The van der Waals surface area contributed by atoms with Gasteiger partial charge in [0.15, 0.2) is 5.96 Å². The number of rotatable bonds is 6. The normalized spacial score (nSPS) is 25.0. The lowest BCUT2D eigenvalue weighted by atomic mass is 9.84. The van der Waals surface area contributed by atoms with Crippen LogP contribution in [0.25, 0.3) is 0 Å². The molecule has 0 spiro atoms. The van der Waals surface area contributed by atoms with Crippen molar-refractivity contribution in [2.24, 2.45) is 16.3 Å². The first-order valence-corrected chi connectivity index (χ1v) is 11.7. The first-order chi connectivity index (χ1) is 14.0. The molecule has 0 bridgehead atoms. The van der Waals surface area contributed by atoms with Gasteiger partial charge < -0.3 is 15.5 Å². The van der Waals surface area contributed by atoms with E-state index in [0.717, 1.165) is 44.7 Å². The highest BCUT2D eigenvalue weighted by molar-refractivity contribution is 7.10. The Bertz CT molecular complexity index is 681. The van der Waals surface area contributed by atoms with E-state index in [1.54, 1.807) is 4.90 Å². The quantitative estimate of drug-likeness (QED) is 0.550. The van der Waals surface area contributed by atoms with E-state index in [1.807, 2.05) is 32.5 Å². The minimum Gasteiger partial charge on any atom is -0.356 e. The van der Waals surface area contributed by atoms with E-state index in [2.05, 4.69) is 45.1 Å². The first-order valence-electron chi connectivity index (χ1n) is 10.9. The monoisotopic (exact) mass is 419 g/mol. The molecule has 3 rings (SSSR count). The lowest BCUT2D eigenvalue weighted by Crippen LogP contribution is -2.50. The number of piperidine rings is 1. The number of amides is 1. The summed E-state index contributed by atoms with van der Waals surface area (Å²) in [7, 11) is 7.77. The highest BCUT2D eigenvalue weighted by Gasteiger charge is 2.42. The standard InChI is InChI=1S/C22H37N5OS/c1-23-21(25-16-22(11-5-6-12-22)20(28)26(2)3)24-15-17-9-7-13-27(4)19(17)18-10-8-14-29-18/h8,10,14,17,19H,5-7,9,11-13,15-16H2,1-4H3,(H2,23,24,25). The van der Waals surface area contributed by atoms with Crippen molar-refractivity contribution in [2.45, 2.75) is 44.6 Å². The van der Waals surface area contributed by atoms with Crippen LogP contribution in [0, 0.1) is 11.3 Å². The molecule has 0 aromatic carbocycles. The molecule has 2 heterocycles. The Morgan fingerprint density at radius 1 is 1.31 bits per heavy atom. The van der Waals surface area contributed by atoms with Gasteiger partial charge in [-0.3, -0.25) is 14.7 Å². The molecule has 0 radical (unpaired) electrons. The van der Waals surface area contributed by atoms with E-state index in [4.69, 9.17) is 0 Å². The molecule has 29 heavy (non-hydrogen) atoms. The third kappa shape index (κ3) is 5.12. The molecule has 2 aliphatic rings. The lowest BCUT2D eigenvalue weighted by Gasteiger charge is -2.39. The number of thiophene rings is 1. The van der Waals surface area contributed by atoms with Crippen molar-refractivity contribution in [3.8, 4) is 0 Å². The second-order valence-electron chi connectivity index (χ2n) is 8.84. The summed E-state index contributed by atoms with van der Waals surface area (Å²) in [5, 5.41) is 9.19. The Kier molecular flexibility index (Phi) is 7.57. The van der Waals surface area contributed by atoms with E-state index < -0.39 is 0 Å². The van der Waals surface area contributed by atoms with Gasteiger partial charge >= 0.3 is 0 Å². The van der Waals surface area contributed by atoms with Crippen LogP contribution in [0.1, 0.15) is 49.4 Å². The van der Waals surface area contributed by atoms with Gasteiger partial charge in [0, 0.05) is 45.2 Å². The maximum atomic E-state index is 12.8. The summed E-state index contributed by atoms with van der Waals surface area (Å²) in [6, 6.07) is 4.87. The van der Waals surface area contributed by atoms with Crippen LogP contribution >= 0.6 is 11.3 Å². The Balaban J connectivity index is 1.59. The maximum absolute atomic E-state index is 12.8. The van der Waals surface area contributed by atoms with Crippen LogP contribution < -0.4 is 10.6 Å². The largest absolute Gasteiger partial charge is 0.356 e. The molecule has 2 N–H and O–H groups in total. The second kappa shape index (κ2) is 9.94. The Morgan fingerprint density at radius 3 is 2.69 bits per heavy atom. The van der Waals surface area contributed by atoms with E-state index in [1.165, 1.54) is 17.7 Å². The average Bonchev–Trinajstić information content (AvgIpc) is 3.40. The van der Waals surface area contributed by atoms with Gasteiger partial charge in [0.2, 0.25) is 5.91 Å². The van der Waals surface area contributed by atoms with Crippen LogP contribution in [0.5, 0.6) is 0 Å². The molecule has 1 aliphatic heterocycles. The number of aliphatic imine (C=N–C) groups is 1. The van der Waals surface area contributed by atoms with Gasteiger partial charge in [-0.05, 0) is 56.6 Å². The van der Waals surface area contributed by atoms with Crippen LogP contribution in [0.2, 0.25) is 0 Å². The molecule has 2 unspecified atom stereocenters. The van der Waals surface area contributed by atoms with E-state index in [0.29, 0.717) is 18.5 Å². The van der Waals surface area contributed by atoms with E-state index in [9.17, 15) is 4.79 Å². The van der Waals surface area contributed by atoms with Crippen LogP contribution in [0.3, 0.4) is 0 Å². The van der Waals surface area contributed by atoms with Crippen LogP contribution in [-0.4, -0.2) is 69.5 Å². The molecule has 1 saturated carbocycles. The maximum Gasteiger partial charge on any atom is 0.230 e.